The zero-order chi connectivity index (χ0) is 18.6. The Kier molecular flexibility index (Phi) is 5.18. The number of aromatic nitrogens is 3. The topological polar surface area (TPSA) is 71.3 Å². The molecule has 1 unspecified atom stereocenters. The third-order valence-electron chi connectivity index (χ3n) is 5.36. The summed E-state index contributed by atoms with van der Waals surface area (Å²) in [5.74, 6) is 0.337. The van der Waals surface area contributed by atoms with Crippen LogP contribution in [0.25, 0.3) is 0 Å². The van der Waals surface area contributed by atoms with Gasteiger partial charge in [0, 0.05) is 45.1 Å². The van der Waals surface area contributed by atoms with Crippen LogP contribution < -0.4 is 0 Å². The summed E-state index contributed by atoms with van der Waals surface area (Å²) in [6.07, 6.45) is 5.54. The van der Waals surface area contributed by atoms with E-state index in [1.54, 1.807) is 10.9 Å². The highest BCUT2D eigenvalue weighted by molar-refractivity contribution is 5.92. The lowest BCUT2D eigenvalue weighted by Gasteiger charge is -2.25. The highest BCUT2D eigenvalue weighted by Crippen LogP contribution is 2.21. The number of amides is 2. The van der Waals surface area contributed by atoms with Crippen molar-refractivity contribution in [2.75, 3.05) is 19.6 Å². The molecule has 0 bridgehead atoms. The van der Waals surface area contributed by atoms with Gasteiger partial charge >= 0.3 is 0 Å². The molecule has 0 radical (unpaired) electrons. The van der Waals surface area contributed by atoms with Crippen LogP contribution in [-0.4, -0.2) is 56.2 Å². The molecular weight excluding hydrogens is 342 g/mol. The molecule has 142 valence electrons. The van der Waals surface area contributed by atoms with Crippen molar-refractivity contribution in [1.82, 2.24) is 24.8 Å². The number of nitrogens with zero attached hydrogens (tertiary/aromatic N) is 5. The Morgan fingerprint density at radius 3 is 2.67 bits per heavy atom. The minimum Gasteiger partial charge on any atom is -0.338 e. The van der Waals surface area contributed by atoms with Crippen molar-refractivity contribution in [3.63, 3.8) is 0 Å². The highest BCUT2D eigenvalue weighted by atomic mass is 16.2. The molecular formula is C20H25N5O2. The number of hydrogen-bond donors (Lipinski definition) is 0. The van der Waals surface area contributed by atoms with Crippen molar-refractivity contribution in [2.45, 2.75) is 38.8 Å². The second kappa shape index (κ2) is 7.90. The molecule has 2 saturated heterocycles. The van der Waals surface area contributed by atoms with Crippen LogP contribution in [0.2, 0.25) is 0 Å². The first-order valence-corrected chi connectivity index (χ1v) is 9.70. The van der Waals surface area contributed by atoms with Gasteiger partial charge in [-0.15, -0.1) is 5.10 Å². The summed E-state index contributed by atoms with van der Waals surface area (Å²) in [6.45, 7) is 3.57. The van der Waals surface area contributed by atoms with Gasteiger partial charge in [-0.1, -0.05) is 35.5 Å². The Morgan fingerprint density at radius 1 is 1.11 bits per heavy atom. The smallest absolute Gasteiger partial charge is 0.276 e. The minimum absolute atomic E-state index is 0.0332. The zero-order valence-electron chi connectivity index (χ0n) is 15.5. The highest BCUT2D eigenvalue weighted by Gasteiger charge is 2.30. The number of rotatable bonds is 5. The number of carbonyl (C=O) groups is 2. The predicted molar refractivity (Wildman–Crippen MR) is 99.7 cm³/mol. The Balaban J connectivity index is 1.34. The van der Waals surface area contributed by atoms with Crippen LogP contribution in [0, 0.1) is 5.92 Å². The van der Waals surface area contributed by atoms with E-state index in [1.807, 2.05) is 40.1 Å². The van der Waals surface area contributed by atoms with Gasteiger partial charge in [0.1, 0.15) is 0 Å². The standard InChI is InChI=1S/C20H25N5O2/c26-19-11-17(13-24(19)12-16-7-3-1-4-8-16)14-25-15-18(21-22-25)20(27)23-9-5-2-6-10-23/h1,3-4,7-8,15,17H,2,5-6,9-14H2. The summed E-state index contributed by atoms with van der Waals surface area (Å²) in [5.41, 5.74) is 1.55. The summed E-state index contributed by atoms with van der Waals surface area (Å²) in [6, 6.07) is 10.0. The van der Waals surface area contributed by atoms with E-state index in [2.05, 4.69) is 10.3 Å². The van der Waals surface area contributed by atoms with Crippen LogP contribution in [0.15, 0.2) is 36.5 Å². The molecule has 0 N–H and O–H groups in total. The van der Waals surface area contributed by atoms with Crippen LogP contribution in [0.1, 0.15) is 41.7 Å². The van der Waals surface area contributed by atoms with Crippen molar-refractivity contribution >= 4 is 11.8 Å². The van der Waals surface area contributed by atoms with E-state index in [9.17, 15) is 9.59 Å². The second-order valence-electron chi connectivity index (χ2n) is 7.51. The monoisotopic (exact) mass is 367 g/mol. The van der Waals surface area contributed by atoms with Gasteiger partial charge in [0.15, 0.2) is 5.69 Å². The van der Waals surface area contributed by atoms with Crippen molar-refractivity contribution < 1.29 is 9.59 Å². The predicted octanol–water partition coefficient (Wildman–Crippen LogP) is 1.95. The van der Waals surface area contributed by atoms with E-state index in [4.69, 9.17) is 0 Å². The lowest BCUT2D eigenvalue weighted by atomic mass is 10.1. The third kappa shape index (κ3) is 4.18. The largest absolute Gasteiger partial charge is 0.338 e. The molecule has 2 aliphatic heterocycles. The SMILES string of the molecule is O=C1CC(Cn2cc(C(=O)N3CCCCC3)nn2)CN1Cc1ccccc1. The lowest BCUT2D eigenvalue weighted by molar-refractivity contribution is -0.128. The molecule has 7 nitrogen and oxygen atoms in total. The summed E-state index contributed by atoms with van der Waals surface area (Å²) < 4.78 is 1.71. The Hall–Kier alpha value is -2.70. The molecule has 1 aromatic carbocycles. The number of piperidine rings is 1. The lowest BCUT2D eigenvalue weighted by Crippen LogP contribution is -2.35. The van der Waals surface area contributed by atoms with Crippen LogP contribution in [0.5, 0.6) is 0 Å². The van der Waals surface area contributed by atoms with Crippen LogP contribution in [0.4, 0.5) is 0 Å². The first kappa shape index (κ1) is 17.7. The van der Waals surface area contributed by atoms with Crippen molar-refractivity contribution in [3.8, 4) is 0 Å². The van der Waals surface area contributed by atoms with Gasteiger partial charge in [-0.05, 0) is 24.8 Å². The second-order valence-corrected chi connectivity index (χ2v) is 7.51. The van der Waals surface area contributed by atoms with E-state index >= 15 is 0 Å². The molecule has 0 spiro atoms. The average molecular weight is 367 g/mol. The molecule has 3 heterocycles. The van der Waals surface area contributed by atoms with Gasteiger partial charge < -0.3 is 9.80 Å². The summed E-state index contributed by atoms with van der Waals surface area (Å²) >= 11 is 0. The molecule has 2 aromatic rings. The summed E-state index contributed by atoms with van der Waals surface area (Å²) in [5, 5.41) is 8.18. The van der Waals surface area contributed by atoms with Gasteiger partial charge in [0.25, 0.3) is 5.91 Å². The van der Waals surface area contributed by atoms with Gasteiger partial charge in [0.2, 0.25) is 5.91 Å². The molecule has 7 heteroatoms. The quantitative estimate of drug-likeness (QED) is 0.810. The Bertz CT molecular complexity index is 798. The van der Waals surface area contributed by atoms with E-state index in [0.717, 1.165) is 31.5 Å². The molecule has 4 rings (SSSR count). The van der Waals surface area contributed by atoms with E-state index < -0.39 is 0 Å². The number of benzene rings is 1. The molecule has 27 heavy (non-hydrogen) atoms. The average Bonchev–Trinajstić information content (AvgIpc) is 3.30. The first-order chi connectivity index (χ1) is 13.2. The fourth-order valence-electron chi connectivity index (χ4n) is 3.94. The van der Waals surface area contributed by atoms with Crippen LogP contribution >= 0.6 is 0 Å². The summed E-state index contributed by atoms with van der Waals surface area (Å²) in [7, 11) is 0. The van der Waals surface area contributed by atoms with Gasteiger partial charge in [-0.3, -0.25) is 14.3 Å². The van der Waals surface area contributed by atoms with Crippen LogP contribution in [0.3, 0.4) is 0 Å². The molecule has 2 amide bonds. The van der Waals surface area contributed by atoms with Gasteiger partial charge in [-0.2, -0.15) is 0 Å². The number of carbonyl (C=O) groups excluding carboxylic acids is 2. The maximum Gasteiger partial charge on any atom is 0.276 e. The first-order valence-electron chi connectivity index (χ1n) is 9.70. The molecule has 2 fully saturated rings. The normalized spacial score (nSPS) is 20.3. The van der Waals surface area contributed by atoms with Crippen LogP contribution in [-0.2, 0) is 17.9 Å². The molecule has 0 saturated carbocycles. The molecule has 1 atom stereocenters. The number of hydrogen-bond acceptors (Lipinski definition) is 4. The maximum atomic E-state index is 12.5. The van der Waals surface area contributed by atoms with E-state index in [-0.39, 0.29) is 17.7 Å². The minimum atomic E-state index is -0.0332. The van der Waals surface area contributed by atoms with Crippen molar-refractivity contribution in [1.29, 1.82) is 0 Å². The fraction of sp³-hybridized carbons (Fsp3) is 0.500. The van der Waals surface area contributed by atoms with E-state index in [0.29, 0.717) is 31.7 Å². The Labute approximate surface area is 158 Å². The number of likely N-dealkylation sites (tertiary alicyclic amines) is 2. The maximum absolute atomic E-state index is 12.5. The van der Waals surface area contributed by atoms with E-state index in [1.165, 1.54) is 6.42 Å². The molecule has 0 aliphatic carbocycles. The third-order valence-corrected chi connectivity index (χ3v) is 5.36. The van der Waals surface area contributed by atoms with Gasteiger partial charge in [-0.25, -0.2) is 0 Å². The molecule has 1 aromatic heterocycles. The molecule has 2 aliphatic rings. The van der Waals surface area contributed by atoms with Crippen molar-refractivity contribution in [2.24, 2.45) is 5.92 Å². The van der Waals surface area contributed by atoms with Gasteiger partial charge in [0.05, 0.1) is 6.20 Å². The Morgan fingerprint density at radius 2 is 1.89 bits per heavy atom. The fourth-order valence-corrected chi connectivity index (χ4v) is 3.94. The van der Waals surface area contributed by atoms with Crippen molar-refractivity contribution in [3.05, 3.63) is 47.8 Å². The zero-order valence-corrected chi connectivity index (χ0v) is 15.5. The summed E-state index contributed by atoms with van der Waals surface area (Å²) in [4.78, 5) is 28.6.